The number of hydrogen-bond donors (Lipinski definition) is 1. The lowest BCUT2D eigenvalue weighted by Gasteiger charge is -2.11. The Balaban J connectivity index is 2.32. The number of nitrogens with two attached hydrogens (primary N) is 1. The van der Waals surface area contributed by atoms with Crippen LogP contribution in [0.5, 0.6) is 0 Å². The molecule has 1 rings (SSSR count). The Labute approximate surface area is 99.5 Å². The molecule has 0 aromatic heterocycles. The Morgan fingerprint density at radius 3 is 2.47 bits per heavy atom. The van der Waals surface area contributed by atoms with Crippen molar-refractivity contribution in [2.75, 3.05) is 6.61 Å². The van der Waals surface area contributed by atoms with Crippen LogP contribution >= 0.6 is 0 Å². The van der Waals surface area contributed by atoms with Crippen molar-refractivity contribution < 1.29 is 19.1 Å². The highest BCUT2D eigenvalue weighted by Crippen LogP contribution is 2.01. The molecule has 92 valence electrons. The molecule has 0 amide bonds. The van der Waals surface area contributed by atoms with Gasteiger partial charge in [-0.15, -0.1) is 0 Å². The van der Waals surface area contributed by atoms with E-state index in [1.165, 1.54) is 6.92 Å². The van der Waals surface area contributed by atoms with E-state index in [0.717, 1.165) is 5.56 Å². The van der Waals surface area contributed by atoms with Crippen LogP contribution in [0, 0.1) is 0 Å². The van der Waals surface area contributed by atoms with Gasteiger partial charge in [-0.05, 0) is 5.56 Å². The lowest BCUT2D eigenvalue weighted by Crippen LogP contribution is -2.37. The summed E-state index contributed by atoms with van der Waals surface area (Å²) in [6, 6.07) is 8.31. The molecule has 2 N–H and O–H groups in total. The molecule has 0 unspecified atom stereocenters. The fourth-order valence-corrected chi connectivity index (χ4v) is 1.11. The lowest BCUT2D eigenvalue weighted by atomic mass is 10.2. The van der Waals surface area contributed by atoms with E-state index >= 15 is 0 Å². The van der Waals surface area contributed by atoms with Crippen molar-refractivity contribution in [3.8, 4) is 0 Å². The van der Waals surface area contributed by atoms with Crippen molar-refractivity contribution >= 4 is 11.9 Å². The monoisotopic (exact) mass is 237 g/mol. The smallest absolute Gasteiger partial charge is 0.326 e. The van der Waals surface area contributed by atoms with Gasteiger partial charge in [0.1, 0.15) is 19.3 Å². The molecule has 0 aliphatic heterocycles. The van der Waals surface area contributed by atoms with Crippen molar-refractivity contribution in [2.24, 2.45) is 5.73 Å². The molecule has 0 saturated heterocycles. The Bertz CT molecular complexity index is 377. The first-order chi connectivity index (χ1) is 8.09. The van der Waals surface area contributed by atoms with Crippen LogP contribution < -0.4 is 5.73 Å². The second-order valence-electron chi connectivity index (χ2n) is 3.50. The molecule has 1 aromatic rings. The molecule has 0 radical (unpaired) electrons. The summed E-state index contributed by atoms with van der Waals surface area (Å²) in [7, 11) is 0. The minimum atomic E-state index is -0.942. The molecule has 0 heterocycles. The summed E-state index contributed by atoms with van der Waals surface area (Å²) in [5.41, 5.74) is 6.35. The maximum atomic E-state index is 11.4. The molecule has 0 saturated carbocycles. The molecule has 0 aliphatic carbocycles. The third kappa shape index (κ3) is 5.12. The molecule has 1 aromatic carbocycles. The topological polar surface area (TPSA) is 78.6 Å². The first kappa shape index (κ1) is 13.2. The Morgan fingerprint density at radius 1 is 1.24 bits per heavy atom. The molecule has 5 nitrogen and oxygen atoms in total. The summed E-state index contributed by atoms with van der Waals surface area (Å²) < 4.78 is 9.58. The van der Waals surface area contributed by atoms with Crippen LogP contribution in [0.15, 0.2) is 30.3 Å². The van der Waals surface area contributed by atoms with Crippen molar-refractivity contribution in [3.63, 3.8) is 0 Å². The first-order valence-electron chi connectivity index (χ1n) is 5.19. The summed E-state index contributed by atoms with van der Waals surface area (Å²) in [6.45, 7) is 1.25. The van der Waals surface area contributed by atoms with Crippen molar-refractivity contribution in [1.29, 1.82) is 0 Å². The fraction of sp³-hybridized carbons (Fsp3) is 0.333. The van der Waals surface area contributed by atoms with Gasteiger partial charge in [0.05, 0.1) is 0 Å². The minimum Gasteiger partial charge on any atom is -0.464 e. The van der Waals surface area contributed by atoms with Crippen LogP contribution in [0.25, 0.3) is 0 Å². The number of esters is 2. The van der Waals surface area contributed by atoms with E-state index in [9.17, 15) is 9.59 Å². The summed E-state index contributed by atoms with van der Waals surface area (Å²) in [5.74, 6) is -1.06. The molecule has 0 bridgehead atoms. The number of benzene rings is 1. The van der Waals surface area contributed by atoms with E-state index < -0.39 is 18.0 Å². The SMILES string of the molecule is CC(=O)OC[C@H](N)C(=O)OCc1ccccc1. The number of carbonyl (C=O) groups is 2. The molecular formula is C12H15NO4. The quantitative estimate of drug-likeness (QED) is 0.759. The maximum Gasteiger partial charge on any atom is 0.326 e. The van der Waals surface area contributed by atoms with E-state index in [2.05, 4.69) is 4.74 Å². The highest BCUT2D eigenvalue weighted by Gasteiger charge is 2.16. The van der Waals surface area contributed by atoms with Gasteiger partial charge in [-0.25, -0.2) is 0 Å². The largest absolute Gasteiger partial charge is 0.464 e. The highest BCUT2D eigenvalue weighted by atomic mass is 16.5. The van der Waals surface area contributed by atoms with Crippen LogP contribution in [0.3, 0.4) is 0 Å². The van der Waals surface area contributed by atoms with Gasteiger partial charge in [0.25, 0.3) is 0 Å². The molecule has 1 atom stereocenters. The molecular weight excluding hydrogens is 222 g/mol. The lowest BCUT2D eigenvalue weighted by molar-refractivity contribution is -0.151. The van der Waals surface area contributed by atoms with Gasteiger partial charge in [-0.2, -0.15) is 0 Å². The van der Waals surface area contributed by atoms with Gasteiger partial charge in [0, 0.05) is 6.92 Å². The molecule has 0 fully saturated rings. The van der Waals surface area contributed by atoms with Crippen molar-refractivity contribution in [3.05, 3.63) is 35.9 Å². The summed E-state index contributed by atoms with van der Waals surface area (Å²) in [6.07, 6.45) is 0. The van der Waals surface area contributed by atoms with Crippen LogP contribution in [0.1, 0.15) is 12.5 Å². The zero-order chi connectivity index (χ0) is 12.7. The predicted octanol–water partition coefficient (Wildman–Crippen LogP) is 0.620. The number of hydrogen-bond acceptors (Lipinski definition) is 5. The Morgan fingerprint density at radius 2 is 1.88 bits per heavy atom. The van der Waals surface area contributed by atoms with E-state index in [4.69, 9.17) is 10.5 Å². The van der Waals surface area contributed by atoms with Gasteiger partial charge in [0.2, 0.25) is 0 Å². The normalized spacial score (nSPS) is 11.6. The fourth-order valence-electron chi connectivity index (χ4n) is 1.11. The number of carbonyl (C=O) groups excluding carboxylic acids is 2. The maximum absolute atomic E-state index is 11.4. The van der Waals surface area contributed by atoms with Crippen LogP contribution in [-0.4, -0.2) is 24.6 Å². The third-order valence-electron chi connectivity index (χ3n) is 1.99. The summed E-state index contributed by atoms with van der Waals surface area (Å²) in [4.78, 5) is 21.9. The molecule has 5 heteroatoms. The molecule has 0 spiro atoms. The zero-order valence-corrected chi connectivity index (χ0v) is 9.59. The second-order valence-corrected chi connectivity index (χ2v) is 3.50. The van der Waals surface area contributed by atoms with E-state index in [0.29, 0.717) is 0 Å². The Hall–Kier alpha value is -1.88. The molecule has 17 heavy (non-hydrogen) atoms. The van der Waals surface area contributed by atoms with Crippen LogP contribution in [0.2, 0.25) is 0 Å². The van der Waals surface area contributed by atoms with E-state index in [1.54, 1.807) is 0 Å². The minimum absolute atomic E-state index is 0.160. The van der Waals surface area contributed by atoms with E-state index in [1.807, 2.05) is 30.3 Å². The van der Waals surface area contributed by atoms with Crippen molar-refractivity contribution in [1.82, 2.24) is 0 Å². The average Bonchev–Trinajstić information content (AvgIpc) is 2.34. The number of rotatable bonds is 5. The standard InChI is InChI=1S/C12H15NO4/c1-9(14)16-8-11(13)12(15)17-7-10-5-3-2-4-6-10/h2-6,11H,7-8,13H2,1H3/t11-/m0/s1. The van der Waals surface area contributed by atoms with Gasteiger partial charge in [-0.1, -0.05) is 30.3 Å². The Kier molecular flexibility index (Phi) is 5.16. The van der Waals surface area contributed by atoms with Gasteiger partial charge in [-0.3, -0.25) is 9.59 Å². The van der Waals surface area contributed by atoms with Crippen molar-refractivity contribution in [2.45, 2.75) is 19.6 Å². The van der Waals surface area contributed by atoms with Crippen LogP contribution in [-0.2, 0) is 25.7 Å². The first-order valence-corrected chi connectivity index (χ1v) is 5.19. The highest BCUT2D eigenvalue weighted by molar-refractivity contribution is 5.76. The second kappa shape index (κ2) is 6.65. The van der Waals surface area contributed by atoms with E-state index in [-0.39, 0.29) is 13.2 Å². The summed E-state index contributed by atoms with van der Waals surface area (Å²) >= 11 is 0. The number of ether oxygens (including phenoxy) is 2. The third-order valence-corrected chi connectivity index (χ3v) is 1.99. The zero-order valence-electron chi connectivity index (χ0n) is 9.59. The van der Waals surface area contributed by atoms with Gasteiger partial charge in [0.15, 0.2) is 0 Å². The van der Waals surface area contributed by atoms with Crippen LogP contribution in [0.4, 0.5) is 0 Å². The van der Waals surface area contributed by atoms with Gasteiger partial charge >= 0.3 is 11.9 Å². The molecule has 0 aliphatic rings. The average molecular weight is 237 g/mol. The summed E-state index contributed by atoms with van der Waals surface area (Å²) in [5, 5.41) is 0. The predicted molar refractivity (Wildman–Crippen MR) is 60.8 cm³/mol. The van der Waals surface area contributed by atoms with Gasteiger partial charge < -0.3 is 15.2 Å².